The van der Waals surface area contributed by atoms with Gasteiger partial charge in [-0.05, 0) is 26.8 Å². The number of β-lactam (4-membered cyclic amide) rings is 1. The van der Waals surface area contributed by atoms with E-state index in [4.69, 9.17) is 5.11 Å². The summed E-state index contributed by atoms with van der Waals surface area (Å²) in [6.45, 7) is 4.98. The third kappa shape index (κ3) is 1.67. The van der Waals surface area contributed by atoms with Gasteiger partial charge in [0.15, 0.2) is 5.78 Å². The van der Waals surface area contributed by atoms with E-state index >= 15 is 0 Å². The number of aliphatic carboxylic acids is 1. The number of carbonyl (C=O) groups excluding carboxylic acids is 2. The van der Waals surface area contributed by atoms with Crippen LogP contribution < -0.4 is 0 Å². The number of ketones is 1. The lowest BCUT2D eigenvalue weighted by molar-refractivity contribution is -0.152. The first-order valence-electron chi connectivity index (χ1n) is 5.21. The first-order chi connectivity index (χ1) is 7.75. The van der Waals surface area contributed by atoms with E-state index in [1.807, 2.05) is 0 Å². The highest BCUT2D eigenvalue weighted by molar-refractivity contribution is 8.01. The van der Waals surface area contributed by atoms with Crippen LogP contribution in [0.25, 0.3) is 0 Å². The number of amides is 1. The molecule has 0 bridgehead atoms. The van der Waals surface area contributed by atoms with E-state index in [-0.39, 0.29) is 17.1 Å². The molecule has 6 heteroatoms. The number of carboxylic acid groups (broad SMARTS) is 1. The molecule has 0 aromatic carbocycles. The molecule has 92 valence electrons. The van der Waals surface area contributed by atoms with Crippen LogP contribution in [0.3, 0.4) is 0 Å². The zero-order valence-corrected chi connectivity index (χ0v) is 10.6. The average molecular weight is 255 g/mol. The molecule has 2 atom stereocenters. The molecule has 2 aliphatic rings. The van der Waals surface area contributed by atoms with Crippen molar-refractivity contribution in [2.24, 2.45) is 0 Å². The Balaban J connectivity index is 2.34. The van der Waals surface area contributed by atoms with Crippen LogP contribution in [0.4, 0.5) is 0 Å². The minimum absolute atomic E-state index is 0.190. The van der Waals surface area contributed by atoms with Crippen molar-refractivity contribution in [3.8, 4) is 0 Å². The molecule has 2 heterocycles. The van der Waals surface area contributed by atoms with Crippen molar-refractivity contribution < 1.29 is 19.5 Å². The summed E-state index contributed by atoms with van der Waals surface area (Å²) in [7, 11) is 0. The van der Waals surface area contributed by atoms with Crippen molar-refractivity contribution in [2.75, 3.05) is 0 Å². The summed E-state index contributed by atoms with van der Waals surface area (Å²) in [5, 5.41) is 8.87. The lowest BCUT2D eigenvalue weighted by Crippen LogP contribution is -2.58. The molecule has 2 saturated heterocycles. The maximum absolute atomic E-state index is 11.8. The molecule has 0 unspecified atom stereocenters. The molecule has 0 aliphatic carbocycles. The molecule has 17 heavy (non-hydrogen) atoms. The van der Waals surface area contributed by atoms with Gasteiger partial charge < -0.3 is 10.0 Å². The maximum atomic E-state index is 11.8. The normalized spacial score (nSPS) is 32.3. The van der Waals surface area contributed by atoms with Gasteiger partial charge in [0.25, 0.3) is 5.91 Å². The Morgan fingerprint density at radius 2 is 2.06 bits per heavy atom. The number of hydrogen-bond donors (Lipinski definition) is 1. The van der Waals surface area contributed by atoms with Crippen LogP contribution >= 0.6 is 11.8 Å². The van der Waals surface area contributed by atoms with Crippen molar-refractivity contribution in [2.45, 2.75) is 36.9 Å². The van der Waals surface area contributed by atoms with Crippen molar-refractivity contribution in [1.29, 1.82) is 0 Å². The second kappa shape index (κ2) is 3.60. The predicted octanol–water partition coefficient (Wildman–Crippen LogP) is 0.649. The highest BCUT2D eigenvalue weighted by Crippen LogP contribution is 2.52. The molecule has 1 N–H and O–H groups in total. The van der Waals surface area contributed by atoms with Crippen molar-refractivity contribution in [1.82, 2.24) is 4.90 Å². The third-order valence-corrected chi connectivity index (χ3v) is 4.48. The fourth-order valence-electron chi connectivity index (χ4n) is 2.27. The molecular formula is C11H13NO4S. The van der Waals surface area contributed by atoms with E-state index in [2.05, 4.69) is 0 Å². The Morgan fingerprint density at radius 1 is 1.47 bits per heavy atom. The van der Waals surface area contributed by atoms with E-state index in [1.54, 1.807) is 13.8 Å². The van der Waals surface area contributed by atoms with Gasteiger partial charge in [-0.3, -0.25) is 9.59 Å². The number of thioether (sulfide) groups is 1. The highest BCUT2D eigenvalue weighted by atomic mass is 32.2. The number of carboxylic acids is 1. The predicted molar refractivity (Wildman–Crippen MR) is 62.5 cm³/mol. The van der Waals surface area contributed by atoms with Crippen molar-refractivity contribution in [3.05, 3.63) is 11.6 Å². The van der Waals surface area contributed by atoms with Gasteiger partial charge in [-0.15, -0.1) is 11.8 Å². The minimum atomic E-state index is -1.000. The largest absolute Gasteiger partial charge is 0.480 e. The van der Waals surface area contributed by atoms with Crippen molar-refractivity contribution in [3.63, 3.8) is 0 Å². The summed E-state index contributed by atoms with van der Waals surface area (Å²) in [6, 6.07) is -0.825. The topological polar surface area (TPSA) is 74.7 Å². The monoisotopic (exact) mass is 255 g/mol. The van der Waals surface area contributed by atoms with Crippen LogP contribution in [-0.4, -0.2) is 43.8 Å². The second-order valence-corrected chi connectivity index (χ2v) is 6.47. The first kappa shape index (κ1) is 12.2. The molecule has 0 radical (unpaired) electrons. The van der Waals surface area contributed by atoms with Crippen LogP contribution in [-0.2, 0) is 14.4 Å². The Labute approximate surface area is 103 Å². The number of nitrogens with zero attached hydrogens (tertiary/aromatic N) is 1. The van der Waals surface area contributed by atoms with Crippen LogP contribution in [0.2, 0.25) is 0 Å². The van der Waals surface area contributed by atoms with E-state index in [9.17, 15) is 14.4 Å². The number of allylic oxidation sites excluding steroid dienone is 1. The second-order valence-electron chi connectivity index (χ2n) is 4.74. The highest BCUT2D eigenvalue weighted by Gasteiger charge is 2.61. The fraction of sp³-hybridized carbons (Fsp3) is 0.545. The quantitative estimate of drug-likeness (QED) is 0.579. The molecule has 0 aromatic rings. The van der Waals surface area contributed by atoms with Crippen molar-refractivity contribution >= 4 is 29.4 Å². The molecule has 0 spiro atoms. The van der Waals surface area contributed by atoms with Crippen LogP contribution in [0, 0.1) is 0 Å². The molecule has 2 fully saturated rings. The first-order valence-corrected chi connectivity index (χ1v) is 6.09. The van der Waals surface area contributed by atoms with Gasteiger partial charge in [0.1, 0.15) is 11.4 Å². The summed E-state index contributed by atoms with van der Waals surface area (Å²) < 4.78 is -0.543. The van der Waals surface area contributed by atoms with E-state index < -0.39 is 16.8 Å². The maximum Gasteiger partial charge on any atom is 0.327 e. The van der Waals surface area contributed by atoms with Gasteiger partial charge >= 0.3 is 5.97 Å². The zero-order chi connectivity index (χ0) is 13.0. The third-order valence-electron chi connectivity index (χ3n) is 2.94. The minimum Gasteiger partial charge on any atom is -0.480 e. The molecular weight excluding hydrogens is 242 g/mol. The zero-order valence-electron chi connectivity index (χ0n) is 9.76. The molecule has 0 aromatic heterocycles. The number of rotatable bonds is 2. The Bertz CT molecular complexity index is 454. The molecule has 5 nitrogen and oxygen atoms in total. The van der Waals surface area contributed by atoms with Gasteiger partial charge in [-0.2, -0.15) is 0 Å². The Hall–Kier alpha value is -1.30. The molecule has 0 saturated carbocycles. The van der Waals surface area contributed by atoms with Gasteiger partial charge in [0, 0.05) is 4.75 Å². The van der Waals surface area contributed by atoms with E-state index in [1.165, 1.54) is 29.7 Å². The van der Waals surface area contributed by atoms with E-state index in [0.717, 1.165) is 0 Å². The summed E-state index contributed by atoms with van der Waals surface area (Å²) in [6.07, 6.45) is 1.30. The van der Waals surface area contributed by atoms with Gasteiger partial charge in [0.2, 0.25) is 0 Å². The smallest absolute Gasteiger partial charge is 0.327 e. The SMILES string of the molecule is CC(=O)/C=C1\C(=O)N2[C@@H]1SC(C)(C)[C@@H]2C(=O)O. The molecule has 2 rings (SSSR count). The lowest BCUT2D eigenvalue weighted by atomic mass is 9.95. The number of carbonyl (C=O) groups is 3. The summed E-state index contributed by atoms with van der Waals surface area (Å²) in [4.78, 5) is 35.3. The fourth-order valence-corrected chi connectivity index (χ4v) is 3.82. The summed E-state index contributed by atoms with van der Waals surface area (Å²) in [5.74, 6) is -1.53. The van der Waals surface area contributed by atoms with Gasteiger partial charge in [0.05, 0.1) is 5.57 Å². The van der Waals surface area contributed by atoms with Crippen LogP contribution in [0.1, 0.15) is 20.8 Å². The van der Waals surface area contributed by atoms with Crippen LogP contribution in [0.5, 0.6) is 0 Å². The van der Waals surface area contributed by atoms with E-state index in [0.29, 0.717) is 5.57 Å². The van der Waals surface area contributed by atoms with Gasteiger partial charge in [-0.1, -0.05) is 0 Å². The standard InChI is InChI=1S/C11H13NO4S/c1-5(13)4-6-8(14)12-7(10(15)16)11(2,3)17-9(6)12/h4,7,9H,1-3H3,(H,15,16)/b6-4+/t7-,9+/m0/s1. The summed E-state index contributed by atoms with van der Waals surface area (Å²) in [5.41, 5.74) is 0.416. The van der Waals surface area contributed by atoms with Gasteiger partial charge in [-0.25, -0.2) is 4.79 Å². The molecule has 1 amide bonds. The summed E-state index contributed by atoms with van der Waals surface area (Å²) >= 11 is 1.41. The number of fused-ring (bicyclic) bond motifs is 1. The lowest BCUT2D eigenvalue weighted by Gasteiger charge is -2.38. The van der Waals surface area contributed by atoms with Crippen LogP contribution in [0.15, 0.2) is 11.6 Å². The molecule has 2 aliphatic heterocycles. The Kier molecular flexibility index (Phi) is 2.57. The Morgan fingerprint density at radius 3 is 2.53 bits per heavy atom. The average Bonchev–Trinajstić information content (AvgIpc) is 2.43. The number of hydrogen-bond acceptors (Lipinski definition) is 4.